The van der Waals surface area contributed by atoms with Crippen LogP contribution in [-0.2, 0) is 18.0 Å². The van der Waals surface area contributed by atoms with E-state index in [1.165, 1.54) is 0 Å². The number of hydrogen-bond donors (Lipinski definition) is 1. The van der Waals surface area contributed by atoms with Crippen molar-refractivity contribution < 1.29 is 4.74 Å². The van der Waals surface area contributed by atoms with Crippen molar-refractivity contribution in [2.45, 2.75) is 26.6 Å². The van der Waals surface area contributed by atoms with Gasteiger partial charge in [-0.1, -0.05) is 42.3 Å². The molecule has 5 heteroatoms. The van der Waals surface area contributed by atoms with Crippen LogP contribution in [0, 0.1) is 0 Å². The highest BCUT2D eigenvalue weighted by Gasteiger charge is 2.04. The summed E-state index contributed by atoms with van der Waals surface area (Å²) in [6.07, 6.45) is 1.05. The number of pyridine rings is 1. The van der Waals surface area contributed by atoms with Crippen LogP contribution in [0.1, 0.15) is 24.6 Å². The largest absolute Gasteiger partial charge is 0.370 e. The highest BCUT2D eigenvalue weighted by Crippen LogP contribution is 2.18. The van der Waals surface area contributed by atoms with Gasteiger partial charge in [-0.15, -0.1) is 0 Å². The van der Waals surface area contributed by atoms with Crippen LogP contribution in [0.15, 0.2) is 36.4 Å². The van der Waals surface area contributed by atoms with Crippen molar-refractivity contribution >= 4 is 29.0 Å². The van der Waals surface area contributed by atoms with Crippen molar-refractivity contribution in [2.75, 3.05) is 11.9 Å². The number of benzene rings is 1. The van der Waals surface area contributed by atoms with Gasteiger partial charge in [0.05, 0.1) is 23.9 Å². The zero-order valence-electron chi connectivity index (χ0n) is 11.9. The van der Waals surface area contributed by atoms with Crippen molar-refractivity contribution in [1.29, 1.82) is 0 Å². The quantitative estimate of drug-likeness (QED) is 0.784. The lowest BCUT2D eigenvalue weighted by Crippen LogP contribution is -2.04. The minimum atomic E-state index is 0.378. The molecule has 0 radical (unpaired) electrons. The molecule has 0 aliphatic carbocycles. The molecular weight excluding hydrogens is 307 g/mol. The third-order valence-corrected chi connectivity index (χ3v) is 3.49. The van der Waals surface area contributed by atoms with Crippen molar-refractivity contribution in [1.82, 2.24) is 4.98 Å². The summed E-state index contributed by atoms with van der Waals surface area (Å²) in [5, 5.41) is 4.58. The lowest BCUT2D eigenvalue weighted by molar-refractivity contribution is 0.105. The van der Waals surface area contributed by atoms with E-state index in [-0.39, 0.29) is 0 Å². The minimum absolute atomic E-state index is 0.378. The number of aromatic nitrogens is 1. The average Bonchev–Trinajstić information content (AvgIpc) is 2.50. The molecule has 1 N–H and O–H groups in total. The molecular formula is C16H18Cl2N2O. The van der Waals surface area contributed by atoms with Crippen LogP contribution < -0.4 is 5.32 Å². The molecule has 0 aliphatic rings. The van der Waals surface area contributed by atoms with Crippen LogP contribution in [0.2, 0.25) is 10.0 Å². The predicted octanol–water partition coefficient (Wildman–Crippen LogP) is 4.93. The first-order valence-corrected chi connectivity index (χ1v) is 7.66. The van der Waals surface area contributed by atoms with Crippen LogP contribution in [-0.4, -0.2) is 11.5 Å². The lowest BCUT2D eigenvalue weighted by atomic mass is 10.2. The van der Waals surface area contributed by atoms with E-state index in [0.717, 1.165) is 35.1 Å². The Balaban J connectivity index is 1.91. The molecule has 0 saturated carbocycles. The summed E-state index contributed by atoms with van der Waals surface area (Å²) in [4.78, 5) is 4.47. The van der Waals surface area contributed by atoms with E-state index in [4.69, 9.17) is 27.9 Å². The molecule has 1 aromatic heterocycles. The molecule has 0 spiro atoms. The molecule has 0 amide bonds. The monoisotopic (exact) mass is 324 g/mol. The molecule has 1 aromatic carbocycles. The van der Waals surface area contributed by atoms with Crippen LogP contribution in [0.4, 0.5) is 5.82 Å². The molecule has 0 aliphatic heterocycles. The predicted molar refractivity (Wildman–Crippen MR) is 88.0 cm³/mol. The van der Waals surface area contributed by atoms with Gasteiger partial charge in [0.2, 0.25) is 0 Å². The van der Waals surface area contributed by atoms with E-state index in [0.29, 0.717) is 18.2 Å². The van der Waals surface area contributed by atoms with Gasteiger partial charge in [0.15, 0.2) is 0 Å². The fraction of sp³-hybridized carbons (Fsp3) is 0.312. The van der Waals surface area contributed by atoms with E-state index in [9.17, 15) is 0 Å². The number of ether oxygens (including phenoxy) is 1. The van der Waals surface area contributed by atoms with E-state index in [2.05, 4.69) is 17.2 Å². The van der Waals surface area contributed by atoms with Gasteiger partial charge in [-0.25, -0.2) is 4.98 Å². The smallest absolute Gasteiger partial charge is 0.126 e. The second-order valence-electron chi connectivity index (χ2n) is 4.67. The molecule has 0 fully saturated rings. The summed E-state index contributed by atoms with van der Waals surface area (Å²) >= 11 is 12.0. The van der Waals surface area contributed by atoms with Gasteiger partial charge in [0.25, 0.3) is 0 Å². The van der Waals surface area contributed by atoms with E-state index >= 15 is 0 Å². The Labute approximate surface area is 135 Å². The normalized spacial score (nSPS) is 10.6. The Kier molecular flexibility index (Phi) is 6.30. The second kappa shape index (κ2) is 8.23. The Morgan fingerprint density at radius 1 is 1.05 bits per heavy atom. The number of hydrogen-bond acceptors (Lipinski definition) is 3. The Hall–Kier alpha value is -1.29. The molecule has 0 unspecified atom stereocenters. The first-order valence-electron chi connectivity index (χ1n) is 6.90. The number of rotatable bonds is 7. The number of nitrogens with one attached hydrogen (secondary N) is 1. The second-order valence-corrected chi connectivity index (χ2v) is 5.51. The van der Waals surface area contributed by atoms with Crippen molar-refractivity contribution in [2.24, 2.45) is 0 Å². The fourth-order valence-corrected chi connectivity index (χ4v) is 2.07. The van der Waals surface area contributed by atoms with Crippen LogP contribution in [0.25, 0.3) is 0 Å². The maximum Gasteiger partial charge on any atom is 0.126 e. The van der Waals surface area contributed by atoms with Gasteiger partial charge < -0.3 is 10.1 Å². The van der Waals surface area contributed by atoms with E-state index in [1.807, 2.05) is 36.4 Å². The van der Waals surface area contributed by atoms with Gasteiger partial charge in [-0.3, -0.25) is 0 Å². The standard InChI is InChI=1S/C16H18Cl2N2O/c1-2-9-19-16-8-7-14(18)15(20-16)11-21-10-12-3-5-13(17)6-4-12/h3-8H,2,9-11H2,1H3,(H,19,20). The number of anilines is 1. The van der Waals surface area contributed by atoms with Crippen LogP contribution >= 0.6 is 23.2 Å². The molecule has 112 valence electrons. The van der Waals surface area contributed by atoms with Gasteiger partial charge >= 0.3 is 0 Å². The minimum Gasteiger partial charge on any atom is -0.370 e. The topological polar surface area (TPSA) is 34.1 Å². The summed E-state index contributed by atoms with van der Waals surface area (Å²) in [5.41, 5.74) is 1.81. The highest BCUT2D eigenvalue weighted by atomic mass is 35.5. The molecule has 1 heterocycles. The summed E-state index contributed by atoms with van der Waals surface area (Å²) in [7, 11) is 0. The zero-order chi connectivity index (χ0) is 15.1. The zero-order valence-corrected chi connectivity index (χ0v) is 13.4. The van der Waals surface area contributed by atoms with Crippen LogP contribution in [0.3, 0.4) is 0 Å². The maximum atomic E-state index is 6.15. The average molecular weight is 325 g/mol. The maximum absolute atomic E-state index is 6.15. The first-order chi connectivity index (χ1) is 10.2. The SMILES string of the molecule is CCCNc1ccc(Cl)c(COCc2ccc(Cl)cc2)n1. The Morgan fingerprint density at radius 3 is 2.52 bits per heavy atom. The molecule has 21 heavy (non-hydrogen) atoms. The third kappa shape index (κ3) is 5.20. The first kappa shape index (κ1) is 16.1. The van der Waals surface area contributed by atoms with Gasteiger partial charge in [0.1, 0.15) is 5.82 Å². The Morgan fingerprint density at radius 2 is 1.81 bits per heavy atom. The highest BCUT2D eigenvalue weighted by molar-refractivity contribution is 6.31. The molecule has 3 nitrogen and oxygen atoms in total. The van der Waals surface area contributed by atoms with Gasteiger partial charge in [-0.05, 0) is 36.2 Å². The van der Waals surface area contributed by atoms with Crippen LogP contribution in [0.5, 0.6) is 0 Å². The summed E-state index contributed by atoms with van der Waals surface area (Å²) < 4.78 is 5.67. The summed E-state index contributed by atoms with van der Waals surface area (Å²) in [6.45, 7) is 3.88. The number of nitrogens with zero attached hydrogens (tertiary/aromatic N) is 1. The molecule has 0 bridgehead atoms. The van der Waals surface area contributed by atoms with Crippen molar-refractivity contribution in [3.63, 3.8) is 0 Å². The molecule has 2 rings (SSSR count). The van der Waals surface area contributed by atoms with Crippen molar-refractivity contribution in [3.05, 3.63) is 57.7 Å². The number of halogens is 2. The van der Waals surface area contributed by atoms with Gasteiger partial charge in [-0.2, -0.15) is 0 Å². The summed E-state index contributed by atoms with van der Waals surface area (Å²) in [5.74, 6) is 0.825. The molecule has 0 saturated heterocycles. The molecule has 2 aromatic rings. The lowest BCUT2D eigenvalue weighted by Gasteiger charge is -2.09. The third-order valence-electron chi connectivity index (χ3n) is 2.90. The fourth-order valence-electron chi connectivity index (χ4n) is 1.78. The summed E-state index contributed by atoms with van der Waals surface area (Å²) in [6, 6.07) is 11.3. The van der Waals surface area contributed by atoms with E-state index < -0.39 is 0 Å². The molecule has 0 atom stereocenters. The van der Waals surface area contributed by atoms with E-state index in [1.54, 1.807) is 0 Å². The van der Waals surface area contributed by atoms with Crippen molar-refractivity contribution in [3.8, 4) is 0 Å². The Bertz CT molecular complexity index is 573. The van der Waals surface area contributed by atoms with Gasteiger partial charge in [0, 0.05) is 11.6 Å².